The molecule has 3 aromatic rings. The zero-order valence-electron chi connectivity index (χ0n) is 13.5. The summed E-state index contributed by atoms with van der Waals surface area (Å²) in [7, 11) is 5.57. The van der Waals surface area contributed by atoms with Crippen molar-refractivity contribution in [2.24, 2.45) is 0 Å². The summed E-state index contributed by atoms with van der Waals surface area (Å²) in [5.41, 5.74) is 2.95. The van der Waals surface area contributed by atoms with Gasteiger partial charge < -0.3 is 9.64 Å². The standard InChI is InChI=1S/C17H19N5O/c1-21(2)17-16(18-8-9-19-17)14-10-20-22(12-14)11-13-4-6-15(23-3)7-5-13/h4-10,12H,11H2,1-3H3. The Bertz CT molecular complexity index is 780. The van der Waals surface area contributed by atoms with Gasteiger partial charge in [0.2, 0.25) is 0 Å². The number of ether oxygens (including phenoxy) is 1. The Hall–Kier alpha value is -2.89. The molecule has 3 rings (SSSR count). The molecular formula is C17H19N5O. The lowest BCUT2D eigenvalue weighted by Gasteiger charge is -2.13. The van der Waals surface area contributed by atoms with E-state index in [1.54, 1.807) is 19.5 Å². The van der Waals surface area contributed by atoms with E-state index in [2.05, 4.69) is 15.1 Å². The topological polar surface area (TPSA) is 56.1 Å². The molecule has 0 fully saturated rings. The van der Waals surface area contributed by atoms with Crippen molar-refractivity contribution in [1.82, 2.24) is 19.7 Å². The van der Waals surface area contributed by atoms with Crippen LogP contribution < -0.4 is 9.64 Å². The Kier molecular flexibility index (Phi) is 4.23. The molecule has 0 aliphatic rings. The fraction of sp³-hybridized carbons (Fsp3) is 0.235. The number of hydrogen-bond acceptors (Lipinski definition) is 5. The van der Waals surface area contributed by atoms with Gasteiger partial charge in [-0.15, -0.1) is 0 Å². The Labute approximate surface area is 135 Å². The summed E-state index contributed by atoms with van der Waals surface area (Å²) < 4.78 is 7.07. The van der Waals surface area contributed by atoms with Crippen molar-refractivity contribution in [1.29, 1.82) is 0 Å². The largest absolute Gasteiger partial charge is 0.497 e. The molecule has 0 amide bonds. The first kappa shape index (κ1) is 15.0. The van der Waals surface area contributed by atoms with E-state index < -0.39 is 0 Å². The summed E-state index contributed by atoms with van der Waals surface area (Å²) in [6.45, 7) is 0.696. The van der Waals surface area contributed by atoms with Crippen molar-refractivity contribution < 1.29 is 4.74 Å². The zero-order valence-corrected chi connectivity index (χ0v) is 13.5. The number of hydrogen-bond donors (Lipinski definition) is 0. The second kappa shape index (κ2) is 6.48. The first-order valence-corrected chi connectivity index (χ1v) is 7.31. The predicted molar refractivity (Wildman–Crippen MR) is 89.7 cm³/mol. The van der Waals surface area contributed by atoms with Gasteiger partial charge >= 0.3 is 0 Å². The Morgan fingerprint density at radius 2 is 1.83 bits per heavy atom. The van der Waals surface area contributed by atoms with Gasteiger partial charge in [0.15, 0.2) is 5.82 Å². The van der Waals surface area contributed by atoms with Gasteiger partial charge in [0.25, 0.3) is 0 Å². The number of anilines is 1. The molecule has 0 radical (unpaired) electrons. The molecule has 0 N–H and O–H groups in total. The molecule has 0 bridgehead atoms. The third-order valence-corrected chi connectivity index (χ3v) is 3.51. The summed E-state index contributed by atoms with van der Waals surface area (Å²) in [5.74, 6) is 1.68. The van der Waals surface area contributed by atoms with Crippen molar-refractivity contribution in [2.75, 3.05) is 26.1 Å². The van der Waals surface area contributed by atoms with Gasteiger partial charge in [-0.2, -0.15) is 5.10 Å². The van der Waals surface area contributed by atoms with Gasteiger partial charge in [0.05, 0.1) is 19.9 Å². The SMILES string of the molecule is COc1ccc(Cn2cc(-c3nccnc3N(C)C)cn2)cc1. The van der Waals surface area contributed by atoms with E-state index in [0.717, 1.165) is 28.4 Å². The molecule has 0 unspecified atom stereocenters. The highest BCUT2D eigenvalue weighted by Crippen LogP contribution is 2.24. The van der Waals surface area contributed by atoms with Crippen LogP contribution in [0.25, 0.3) is 11.3 Å². The van der Waals surface area contributed by atoms with E-state index in [9.17, 15) is 0 Å². The maximum Gasteiger partial charge on any atom is 0.154 e. The van der Waals surface area contributed by atoms with Gasteiger partial charge in [0, 0.05) is 38.2 Å². The van der Waals surface area contributed by atoms with Crippen LogP contribution in [0.1, 0.15) is 5.56 Å². The van der Waals surface area contributed by atoms with Crippen LogP contribution >= 0.6 is 0 Å². The number of rotatable bonds is 5. The lowest BCUT2D eigenvalue weighted by Crippen LogP contribution is -2.12. The first-order valence-electron chi connectivity index (χ1n) is 7.31. The molecular weight excluding hydrogens is 290 g/mol. The molecule has 0 saturated carbocycles. The van der Waals surface area contributed by atoms with Crippen LogP contribution in [-0.4, -0.2) is 41.0 Å². The first-order chi connectivity index (χ1) is 11.2. The van der Waals surface area contributed by atoms with Crippen LogP contribution in [0.4, 0.5) is 5.82 Å². The van der Waals surface area contributed by atoms with Crippen LogP contribution in [0.2, 0.25) is 0 Å². The van der Waals surface area contributed by atoms with Crippen molar-refractivity contribution in [3.05, 3.63) is 54.6 Å². The van der Waals surface area contributed by atoms with Crippen LogP contribution in [0, 0.1) is 0 Å². The minimum absolute atomic E-state index is 0.696. The summed E-state index contributed by atoms with van der Waals surface area (Å²) >= 11 is 0. The normalized spacial score (nSPS) is 10.6. The molecule has 2 aromatic heterocycles. The minimum Gasteiger partial charge on any atom is -0.497 e. The zero-order chi connectivity index (χ0) is 16.2. The lowest BCUT2D eigenvalue weighted by atomic mass is 10.2. The summed E-state index contributed by atoms with van der Waals surface area (Å²) in [4.78, 5) is 10.8. The van der Waals surface area contributed by atoms with Gasteiger partial charge in [-0.05, 0) is 17.7 Å². The van der Waals surface area contributed by atoms with Crippen molar-refractivity contribution >= 4 is 5.82 Å². The molecule has 6 nitrogen and oxygen atoms in total. The van der Waals surface area contributed by atoms with Gasteiger partial charge in [-0.1, -0.05) is 12.1 Å². The number of methoxy groups -OCH3 is 1. The Balaban J connectivity index is 1.83. The van der Waals surface area contributed by atoms with Crippen LogP contribution in [-0.2, 0) is 6.54 Å². The summed E-state index contributed by atoms with van der Waals surface area (Å²) in [6.07, 6.45) is 7.20. The summed E-state index contributed by atoms with van der Waals surface area (Å²) in [6, 6.07) is 7.97. The van der Waals surface area contributed by atoms with Crippen molar-refractivity contribution in [3.8, 4) is 17.0 Å². The molecule has 0 aliphatic carbocycles. The minimum atomic E-state index is 0.696. The van der Waals surface area contributed by atoms with E-state index in [1.807, 2.05) is 60.3 Å². The van der Waals surface area contributed by atoms with Crippen LogP contribution in [0.5, 0.6) is 5.75 Å². The number of aromatic nitrogens is 4. The maximum atomic E-state index is 5.17. The van der Waals surface area contributed by atoms with Gasteiger partial charge in [0.1, 0.15) is 11.4 Å². The fourth-order valence-electron chi connectivity index (χ4n) is 2.35. The molecule has 0 atom stereocenters. The van der Waals surface area contributed by atoms with E-state index in [4.69, 9.17) is 4.74 Å². The molecule has 0 saturated heterocycles. The van der Waals surface area contributed by atoms with Crippen LogP contribution in [0.15, 0.2) is 49.1 Å². The third kappa shape index (κ3) is 3.31. The molecule has 0 spiro atoms. The smallest absolute Gasteiger partial charge is 0.154 e. The highest BCUT2D eigenvalue weighted by molar-refractivity contribution is 5.70. The van der Waals surface area contributed by atoms with Crippen LogP contribution in [0.3, 0.4) is 0 Å². The highest BCUT2D eigenvalue weighted by Gasteiger charge is 2.11. The summed E-state index contributed by atoms with van der Waals surface area (Å²) in [5, 5.41) is 4.43. The van der Waals surface area contributed by atoms with E-state index in [-0.39, 0.29) is 0 Å². The molecule has 6 heteroatoms. The molecule has 118 valence electrons. The van der Waals surface area contributed by atoms with Crippen molar-refractivity contribution in [3.63, 3.8) is 0 Å². The third-order valence-electron chi connectivity index (χ3n) is 3.51. The second-order valence-corrected chi connectivity index (χ2v) is 5.40. The van der Waals surface area contributed by atoms with Gasteiger partial charge in [-0.25, -0.2) is 4.98 Å². The average molecular weight is 309 g/mol. The predicted octanol–water partition coefficient (Wildman–Crippen LogP) is 2.46. The van der Waals surface area contributed by atoms with Crippen molar-refractivity contribution in [2.45, 2.75) is 6.54 Å². The molecule has 2 heterocycles. The number of nitrogens with zero attached hydrogens (tertiary/aromatic N) is 5. The Morgan fingerprint density at radius 3 is 2.52 bits per heavy atom. The molecule has 1 aromatic carbocycles. The monoisotopic (exact) mass is 309 g/mol. The van der Waals surface area contributed by atoms with E-state index in [1.165, 1.54) is 0 Å². The Morgan fingerprint density at radius 1 is 1.09 bits per heavy atom. The maximum absolute atomic E-state index is 5.17. The second-order valence-electron chi connectivity index (χ2n) is 5.40. The van der Waals surface area contributed by atoms with E-state index in [0.29, 0.717) is 6.54 Å². The quantitative estimate of drug-likeness (QED) is 0.724. The number of benzene rings is 1. The van der Waals surface area contributed by atoms with E-state index >= 15 is 0 Å². The molecule has 0 aliphatic heterocycles. The highest BCUT2D eigenvalue weighted by atomic mass is 16.5. The van der Waals surface area contributed by atoms with Gasteiger partial charge in [-0.3, -0.25) is 9.67 Å². The lowest BCUT2D eigenvalue weighted by molar-refractivity contribution is 0.414. The molecule has 23 heavy (non-hydrogen) atoms. The average Bonchev–Trinajstić information content (AvgIpc) is 3.04. The fourth-order valence-corrected chi connectivity index (χ4v) is 2.35.